The summed E-state index contributed by atoms with van der Waals surface area (Å²) in [6, 6.07) is 17.3. The number of pyridine rings is 1. The molecule has 160 valence electrons. The first-order valence-electron chi connectivity index (χ1n) is 9.52. The molecule has 8 heteroatoms. The van der Waals surface area contributed by atoms with Crippen LogP contribution in [0.2, 0.25) is 0 Å². The van der Waals surface area contributed by atoms with Crippen LogP contribution in [0.5, 0.6) is 17.2 Å². The molecule has 31 heavy (non-hydrogen) atoms. The number of carbonyl (C=O) groups is 2. The Morgan fingerprint density at radius 1 is 0.903 bits per heavy atom. The molecule has 0 aliphatic carbocycles. The van der Waals surface area contributed by atoms with E-state index in [-0.39, 0.29) is 18.4 Å². The molecule has 0 fully saturated rings. The number of hydrogen-bond donors (Lipinski definition) is 2. The predicted molar refractivity (Wildman–Crippen MR) is 116 cm³/mol. The maximum absolute atomic E-state index is 12.4. The van der Waals surface area contributed by atoms with Crippen molar-refractivity contribution in [1.82, 2.24) is 10.3 Å². The van der Waals surface area contributed by atoms with Gasteiger partial charge in [0, 0.05) is 11.8 Å². The number of benzene rings is 2. The molecule has 3 aromatic rings. The van der Waals surface area contributed by atoms with Crippen LogP contribution in [0.15, 0.2) is 66.9 Å². The molecule has 0 saturated heterocycles. The first-order valence-corrected chi connectivity index (χ1v) is 9.52. The molecule has 2 aromatic carbocycles. The van der Waals surface area contributed by atoms with Gasteiger partial charge in [0.25, 0.3) is 11.8 Å². The van der Waals surface area contributed by atoms with E-state index in [1.165, 1.54) is 14.2 Å². The second kappa shape index (κ2) is 10.6. The van der Waals surface area contributed by atoms with Crippen LogP contribution in [0, 0.1) is 0 Å². The normalized spacial score (nSPS) is 10.1. The number of aromatic nitrogens is 1. The molecule has 2 amide bonds. The van der Waals surface area contributed by atoms with E-state index in [1.54, 1.807) is 42.6 Å². The highest BCUT2D eigenvalue weighted by atomic mass is 16.5. The smallest absolute Gasteiger partial charge is 0.262 e. The van der Waals surface area contributed by atoms with Gasteiger partial charge in [-0.25, -0.2) is 0 Å². The molecule has 0 atom stereocenters. The third-order valence-electron chi connectivity index (χ3n) is 4.32. The van der Waals surface area contributed by atoms with Crippen LogP contribution in [0.25, 0.3) is 0 Å². The van der Waals surface area contributed by atoms with E-state index in [4.69, 9.17) is 14.2 Å². The molecule has 0 radical (unpaired) electrons. The lowest BCUT2D eigenvalue weighted by Gasteiger charge is -2.13. The topological polar surface area (TPSA) is 98.8 Å². The third-order valence-corrected chi connectivity index (χ3v) is 4.32. The first kappa shape index (κ1) is 21.6. The maximum atomic E-state index is 12.4. The van der Waals surface area contributed by atoms with Crippen molar-refractivity contribution in [1.29, 1.82) is 0 Å². The molecule has 0 bridgehead atoms. The van der Waals surface area contributed by atoms with Gasteiger partial charge < -0.3 is 24.8 Å². The Hall–Kier alpha value is -4.07. The molecule has 0 unspecified atom stereocenters. The van der Waals surface area contributed by atoms with Gasteiger partial charge in [-0.15, -0.1) is 0 Å². The summed E-state index contributed by atoms with van der Waals surface area (Å²) in [4.78, 5) is 28.8. The molecule has 0 aliphatic heterocycles. The number of anilines is 1. The fraction of sp³-hybridized carbons (Fsp3) is 0.174. The zero-order valence-corrected chi connectivity index (χ0v) is 17.3. The number of nitrogens with zero attached hydrogens (tertiary/aromatic N) is 1. The van der Waals surface area contributed by atoms with Crippen molar-refractivity contribution in [3.05, 3.63) is 78.1 Å². The minimum absolute atomic E-state index is 0.236. The van der Waals surface area contributed by atoms with Crippen LogP contribution >= 0.6 is 0 Å². The molecular formula is C23H23N3O5. The summed E-state index contributed by atoms with van der Waals surface area (Å²) in [6.07, 6.45) is 1.67. The fourth-order valence-electron chi connectivity index (χ4n) is 2.78. The van der Waals surface area contributed by atoms with Crippen molar-refractivity contribution >= 4 is 17.5 Å². The molecule has 1 aromatic heterocycles. The van der Waals surface area contributed by atoms with Crippen molar-refractivity contribution < 1.29 is 23.8 Å². The average molecular weight is 421 g/mol. The van der Waals surface area contributed by atoms with Crippen molar-refractivity contribution in [2.75, 3.05) is 26.1 Å². The van der Waals surface area contributed by atoms with E-state index < -0.39 is 0 Å². The largest absolute Gasteiger partial charge is 0.495 e. The summed E-state index contributed by atoms with van der Waals surface area (Å²) in [6.45, 7) is 0.0724. The Morgan fingerprint density at radius 3 is 2.42 bits per heavy atom. The van der Waals surface area contributed by atoms with Gasteiger partial charge in [-0.1, -0.05) is 18.2 Å². The van der Waals surface area contributed by atoms with Gasteiger partial charge in [0.05, 0.1) is 32.1 Å². The molecule has 3 rings (SSSR count). The average Bonchev–Trinajstić information content (AvgIpc) is 2.82. The van der Waals surface area contributed by atoms with Crippen molar-refractivity contribution in [3.63, 3.8) is 0 Å². The maximum Gasteiger partial charge on any atom is 0.262 e. The molecule has 0 spiro atoms. The Bertz CT molecular complexity index is 1040. The van der Waals surface area contributed by atoms with Crippen LogP contribution in [0.3, 0.4) is 0 Å². The van der Waals surface area contributed by atoms with E-state index in [0.717, 1.165) is 5.69 Å². The number of ether oxygens (including phenoxy) is 3. The van der Waals surface area contributed by atoms with E-state index in [1.807, 2.05) is 24.3 Å². The molecular weight excluding hydrogens is 398 g/mol. The zero-order chi connectivity index (χ0) is 22.1. The monoisotopic (exact) mass is 421 g/mol. The summed E-state index contributed by atoms with van der Waals surface area (Å²) in [5.74, 6) is 0.609. The van der Waals surface area contributed by atoms with E-state index >= 15 is 0 Å². The standard InChI is InChI=1S/C23H23N3O5/c1-29-19-9-4-3-8-18(19)26-22(27)15-31-20-11-10-16(13-21(20)30-2)23(28)25-14-17-7-5-6-12-24-17/h3-13H,14-15H2,1-2H3,(H,25,28)(H,26,27). The van der Waals surface area contributed by atoms with Crippen molar-refractivity contribution in [2.24, 2.45) is 0 Å². The van der Waals surface area contributed by atoms with Crippen LogP contribution < -0.4 is 24.8 Å². The predicted octanol–water partition coefficient (Wildman–Crippen LogP) is 3.05. The van der Waals surface area contributed by atoms with Gasteiger partial charge in [0.1, 0.15) is 5.75 Å². The number of rotatable bonds is 9. The van der Waals surface area contributed by atoms with Crippen molar-refractivity contribution in [3.8, 4) is 17.2 Å². The van der Waals surface area contributed by atoms with Crippen LogP contribution in [0.4, 0.5) is 5.69 Å². The lowest BCUT2D eigenvalue weighted by molar-refractivity contribution is -0.118. The molecule has 0 aliphatic rings. The SMILES string of the molecule is COc1ccccc1NC(=O)COc1ccc(C(=O)NCc2ccccn2)cc1OC. The molecule has 0 saturated carbocycles. The number of nitrogens with one attached hydrogen (secondary N) is 2. The number of para-hydroxylation sites is 2. The fourth-order valence-corrected chi connectivity index (χ4v) is 2.78. The van der Waals surface area contributed by atoms with Crippen molar-refractivity contribution in [2.45, 2.75) is 6.54 Å². The Morgan fingerprint density at radius 2 is 1.68 bits per heavy atom. The second-order valence-corrected chi connectivity index (χ2v) is 6.41. The third kappa shape index (κ3) is 5.96. The molecule has 8 nitrogen and oxygen atoms in total. The highest BCUT2D eigenvalue weighted by molar-refractivity contribution is 5.95. The van der Waals surface area contributed by atoms with Gasteiger partial charge >= 0.3 is 0 Å². The summed E-state index contributed by atoms with van der Waals surface area (Å²) >= 11 is 0. The molecule has 1 heterocycles. The molecule has 2 N–H and O–H groups in total. The number of methoxy groups -OCH3 is 2. The highest BCUT2D eigenvalue weighted by Crippen LogP contribution is 2.28. The van der Waals surface area contributed by atoms with Crippen LogP contribution in [-0.2, 0) is 11.3 Å². The van der Waals surface area contributed by atoms with Crippen LogP contribution in [-0.4, -0.2) is 37.6 Å². The second-order valence-electron chi connectivity index (χ2n) is 6.41. The van der Waals surface area contributed by atoms with Gasteiger partial charge in [0.15, 0.2) is 18.1 Å². The highest BCUT2D eigenvalue weighted by Gasteiger charge is 2.13. The number of amides is 2. The van der Waals surface area contributed by atoms with Gasteiger partial charge in [-0.05, 0) is 42.5 Å². The Labute approximate surface area is 180 Å². The van der Waals surface area contributed by atoms with Gasteiger partial charge in [0.2, 0.25) is 0 Å². The summed E-state index contributed by atoms with van der Waals surface area (Å²) in [5.41, 5.74) is 1.70. The van der Waals surface area contributed by atoms with E-state index in [0.29, 0.717) is 35.0 Å². The van der Waals surface area contributed by atoms with E-state index in [2.05, 4.69) is 15.6 Å². The number of carbonyl (C=O) groups excluding carboxylic acids is 2. The minimum Gasteiger partial charge on any atom is -0.495 e. The zero-order valence-electron chi connectivity index (χ0n) is 17.3. The summed E-state index contributed by atoms with van der Waals surface area (Å²) in [5, 5.41) is 5.53. The lowest BCUT2D eigenvalue weighted by atomic mass is 10.2. The Kier molecular flexibility index (Phi) is 7.42. The summed E-state index contributed by atoms with van der Waals surface area (Å²) in [7, 11) is 2.99. The first-order chi connectivity index (χ1) is 15.1. The van der Waals surface area contributed by atoms with Crippen LogP contribution in [0.1, 0.15) is 16.1 Å². The summed E-state index contributed by atoms with van der Waals surface area (Å²) < 4.78 is 16.1. The minimum atomic E-state index is -0.358. The lowest BCUT2D eigenvalue weighted by Crippen LogP contribution is -2.23. The van der Waals surface area contributed by atoms with Gasteiger partial charge in [-0.3, -0.25) is 14.6 Å². The van der Waals surface area contributed by atoms with Gasteiger partial charge in [-0.2, -0.15) is 0 Å². The quantitative estimate of drug-likeness (QED) is 0.551. The van der Waals surface area contributed by atoms with E-state index in [9.17, 15) is 9.59 Å². The Balaban J connectivity index is 1.59. The number of hydrogen-bond acceptors (Lipinski definition) is 6.